The maximum atomic E-state index is 13.1. The summed E-state index contributed by atoms with van der Waals surface area (Å²) in [6.07, 6.45) is 4.29. The summed E-state index contributed by atoms with van der Waals surface area (Å²) < 4.78 is 7.73. The van der Waals surface area contributed by atoms with Gasteiger partial charge in [-0.1, -0.05) is 6.92 Å². The zero-order valence-electron chi connectivity index (χ0n) is 17.0. The van der Waals surface area contributed by atoms with Crippen LogP contribution in [0, 0.1) is 0 Å². The van der Waals surface area contributed by atoms with Crippen LogP contribution in [0.1, 0.15) is 55.4 Å². The molecule has 7 heteroatoms. The first-order valence-electron chi connectivity index (χ1n) is 10.4. The fourth-order valence-electron chi connectivity index (χ4n) is 3.90. The highest BCUT2D eigenvalue weighted by Crippen LogP contribution is 2.27. The van der Waals surface area contributed by atoms with Gasteiger partial charge in [0.05, 0.1) is 12.7 Å². The quantitative estimate of drug-likeness (QED) is 0.686. The minimum atomic E-state index is 0.130. The molecule has 1 aromatic heterocycles. The molecule has 6 nitrogen and oxygen atoms in total. The molecule has 0 aromatic carbocycles. The van der Waals surface area contributed by atoms with E-state index < -0.39 is 0 Å². The van der Waals surface area contributed by atoms with Gasteiger partial charge >= 0.3 is 0 Å². The molecule has 1 saturated heterocycles. The predicted octanol–water partition coefficient (Wildman–Crippen LogP) is 2.35. The van der Waals surface area contributed by atoms with E-state index in [1.807, 2.05) is 16.7 Å². The Morgan fingerprint density at radius 3 is 2.85 bits per heavy atom. The topological polar surface area (TPSA) is 59.4 Å². The predicted molar refractivity (Wildman–Crippen MR) is 111 cm³/mol. The van der Waals surface area contributed by atoms with Crippen LogP contribution in [-0.4, -0.2) is 70.5 Å². The fourth-order valence-corrected chi connectivity index (χ4v) is 4.81. The highest BCUT2D eigenvalue weighted by molar-refractivity contribution is 7.99. The zero-order chi connectivity index (χ0) is 19.2. The second-order valence-corrected chi connectivity index (χ2v) is 8.94. The summed E-state index contributed by atoms with van der Waals surface area (Å²) in [5.41, 5.74) is 3.17. The number of carbonyl (C=O) groups excluding carboxylic acids is 1. The lowest BCUT2D eigenvalue weighted by Crippen LogP contribution is -2.40. The lowest BCUT2D eigenvalue weighted by molar-refractivity contribution is 0.0761. The van der Waals surface area contributed by atoms with Crippen LogP contribution in [0.2, 0.25) is 0 Å². The summed E-state index contributed by atoms with van der Waals surface area (Å²) in [4.78, 5) is 15.1. The number of hydrogen-bond donors (Lipinski definition) is 1. The molecule has 1 aliphatic heterocycles. The van der Waals surface area contributed by atoms with Crippen molar-refractivity contribution in [1.82, 2.24) is 20.0 Å². The van der Waals surface area contributed by atoms with Crippen molar-refractivity contribution in [3.05, 3.63) is 17.0 Å². The van der Waals surface area contributed by atoms with Crippen LogP contribution in [0.25, 0.3) is 0 Å². The molecule has 1 N–H and O–H groups in total. The molecular weight excluding hydrogens is 360 g/mol. The van der Waals surface area contributed by atoms with E-state index in [-0.39, 0.29) is 12.0 Å². The minimum Gasteiger partial charge on any atom is -0.377 e. The maximum absolute atomic E-state index is 13.1. The lowest BCUT2D eigenvalue weighted by atomic mass is 9.91. The van der Waals surface area contributed by atoms with E-state index in [1.54, 1.807) is 0 Å². The number of hydrogen-bond acceptors (Lipinski definition) is 5. The molecule has 0 radical (unpaired) electrons. The fraction of sp³-hybridized carbons (Fsp3) is 0.800. The molecule has 2 aliphatic rings. The van der Waals surface area contributed by atoms with Crippen molar-refractivity contribution in [1.29, 1.82) is 0 Å². The highest BCUT2D eigenvalue weighted by atomic mass is 32.2. The number of ether oxygens (including phenoxy) is 1. The Morgan fingerprint density at radius 2 is 2.15 bits per heavy atom. The molecule has 0 spiro atoms. The van der Waals surface area contributed by atoms with Gasteiger partial charge in [0, 0.05) is 55.0 Å². The molecule has 0 bridgehead atoms. The normalized spacial score (nSPS) is 20.1. The van der Waals surface area contributed by atoms with Crippen molar-refractivity contribution < 1.29 is 9.53 Å². The van der Waals surface area contributed by atoms with Crippen LogP contribution in [0.5, 0.6) is 0 Å². The number of rotatable bonds is 8. The Balaban J connectivity index is 1.71. The molecule has 3 rings (SSSR count). The van der Waals surface area contributed by atoms with Crippen LogP contribution in [0.3, 0.4) is 0 Å². The minimum absolute atomic E-state index is 0.130. The third kappa shape index (κ3) is 5.27. The SMILES string of the molecule is CCCn1nc(C(=O)N2CCSCC2)c2c1CCC(NCCOC(C)C)C2. The van der Waals surface area contributed by atoms with E-state index in [0.717, 1.165) is 70.0 Å². The van der Waals surface area contributed by atoms with Crippen molar-refractivity contribution in [2.45, 2.75) is 65.1 Å². The number of thioether (sulfide) groups is 1. The molecule has 1 aromatic rings. The molecule has 1 fully saturated rings. The number of carbonyl (C=O) groups is 1. The van der Waals surface area contributed by atoms with Crippen molar-refractivity contribution in [2.75, 3.05) is 37.7 Å². The van der Waals surface area contributed by atoms with E-state index in [1.165, 1.54) is 11.3 Å². The van der Waals surface area contributed by atoms with E-state index in [9.17, 15) is 4.79 Å². The number of nitrogens with zero attached hydrogens (tertiary/aromatic N) is 3. The Kier molecular flexibility index (Phi) is 7.61. The van der Waals surface area contributed by atoms with Crippen LogP contribution >= 0.6 is 11.8 Å². The van der Waals surface area contributed by atoms with Crippen LogP contribution in [0.15, 0.2) is 0 Å². The highest BCUT2D eigenvalue weighted by Gasteiger charge is 2.31. The van der Waals surface area contributed by atoms with Gasteiger partial charge in [0.25, 0.3) is 5.91 Å². The maximum Gasteiger partial charge on any atom is 0.274 e. The van der Waals surface area contributed by atoms with Gasteiger partial charge in [0.15, 0.2) is 5.69 Å². The Labute approximate surface area is 167 Å². The van der Waals surface area contributed by atoms with Crippen molar-refractivity contribution in [3.8, 4) is 0 Å². The summed E-state index contributed by atoms with van der Waals surface area (Å²) in [6.45, 7) is 10.4. The van der Waals surface area contributed by atoms with Gasteiger partial charge in [-0.25, -0.2) is 0 Å². The van der Waals surface area contributed by atoms with Gasteiger partial charge in [0.1, 0.15) is 0 Å². The molecule has 152 valence electrons. The summed E-state index contributed by atoms with van der Waals surface area (Å²) in [5.74, 6) is 2.19. The summed E-state index contributed by atoms with van der Waals surface area (Å²) in [5, 5.41) is 8.39. The molecule has 27 heavy (non-hydrogen) atoms. The van der Waals surface area contributed by atoms with E-state index in [0.29, 0.717) is 11.7 Å². The Bertz CT molecular complexity index is 626. The summed E-state index contributed by atoms with van der Waals surface area (Å²) in [7, 11) is 0. The van der Waals surface area contributed by atoms with E-state index >= 15 is 0 Å². The molecule has 0 saturated carbocycles. The molecule has 1 atom stereocenters. The Morgan fingerprint density at radius 1 is 1.37 bits per heavy atom. The van der Waals surface area contributed by atoms with Crippen molar-refractivity contribution in [2.24, 2.45) is 0 Å². The van der Waals surface area contributed by atoms with Crippen molar-refractivity contribution >= 4 is 17.7 Å². The second-order valence-electron chi connectivity index (χ2n) is 7.71. The van der Waals surface area contributed by atoms with E-state index in [2.05, 4.69) is 30.8 Å². The summed E-state index contributed by atoms with van der Waals surface area (Å²) >= 11 is 1.93. The first-order chi connectivity index (χ1) is 13.1. The lowest BCUT2D eigenvalue weighted by Gasteiger charge is -2.27. The van der Waals surface area contributed by atoms with Gasteiger partial charge in [0.2, 0.25) is 0 Å². The first kappa shape index (κ1) is 20.7. The first-order valence-corrected chi connectivity index (χ1v) is 11.6. The molecular formula is C20H34N4O2S. The molecule has 1 unspecified atom stereocenters. The Hall–Kier alpha value is -1.05. The van der Waals surface area contributed by atoms with Gasteiger partial charge < -0.3 is 15.0 Å². The number of aromatic nitrogens is 2. The monoisotopic (exact) mass is 394 g/mol. The van der Waals surface area contributed by atoms with Crippen LogP contribution in [-0.2, 0) is 24.1 Å². The largest absolute Gasteiger partial charge is 0.377 e. The smallest absolute Gasteiger partial charge is 0.274 e. The van der Waals surface area contributed by atoms with Gasteiger partial charge in [-0.05, 0) is 39.5 Å². The van der Waals surface area contributed by atoms with Crippen molar-refractivity contribution in [3.63, 3.8) is 0 Å². The average molecular weight is 395 g/mol. The van der Waals surface area contributed by atoms with Gasteiger partial charge in [-0.15, -0.1) is 0 Å². The van der Waals surface area contributed by atoms with Gasteiger partial charge in [-0.2, -0.15) is 16.9 Å². The number of fused-ring (bicyclic) bond motifs is 1. The van der Waals surface area contributed by atoms with Crippen LogP contribution < -0.4 is 5.32 Å². The summed E-state index contributed by atoms with van der Waals surface area (Å²) in [6, 6.07) is 0.399. The zero-order valence-corrected chi connectivity index (χ0v) is 17.8. The number of aryl methyl sites for hydroxylation is 1. The standard InChI is InChI=1S/C20H34N4O2S/c1-4-8-24-18-6-5-16(21-7-11-26-15(2)3)14-17(18)19(22-24)20(25)23-9-12-27-13-10-23/h15-16,21H,4-14H2,1-3H3. The third-order valence-electron chi connectivity index (χ3n) is 5.27. The van der Waals surface area contributed by atoms with Crippen LogP contribution in [0.4, 0.5) is 0 Å². The molecule has 1 aliphatic carbocycles. The van der Waals surface area contributed by atoms with Gasteiger partial charge in [-0.3, -0.25) is 9.48 Å². The number of nitrogens with one attached hydrogen (secondary N) is 1. The molecule has 1 amide bonds. The molecule has 2 heterocycles. The third-order valence-corrected chi connectivity index (χ3v) is 6.21. The second kappa shape index (κ2) is 9.94. The average Bonchev–Trinajstić information content (AvgIpc) is 3.03. The number of amides is 1. The van der Waals surface area contributed by atoms with E-state index in [4.69, 9.17) is 9.84 Å².